The predicted molar refractivity (Wildman–Crippen MR) is 57.7 cm³/mol. The third-order valence-electron chi connectivity index (χ3n) is 2.52. The molecule has 0 aliphatic carbocycles. The van der Waals surface area contributed by atoms with E-state index in [2.05, 4.69) is 5.32 Å². The molecule has 1 rings (SSSR count). The van der Waals surface area contributed by atoms with Crippen molar-refractivity contribution in [2.75, 3.05) is 19.6 Å². The van der Waals surface area contributed by atoms with Crippen molar-refractivity contribution in [3.05, 3.63) is 0 Å². The molecule has 84 valence electrons. The van der Waals surface area contributed by atoms with Gasteiger partial charge < -0.3 is 5.32 Å². The van der Waals surface area contributed by atoms with E-state index in [0.717, 1.165) is 13.1 Å². The molecule has 1 heterocycles. The van der Waals surface area contributed by atoms with Crippen LogP contribution >= 0.6 is 0 Å². The summed E-state index contributed by atoms with van der Waals surface area (Å²) in [6.07, 6.45) is 0. The molecule has 0 saturated carbocycles. The van der Waals surface area contributed by atoms with Crippen molar-refractivity contribution < 1.29 is 8.42 Å². The fraction of sp³-hybridized carbons (Fsp3) is 1.00. The van der Waals surface area contributed by atoms with Gasteiger partial charge in [0.25, 0.3) is 0 Å². The van der Waals surface area contributed by atoms with Gasteiger partial charge in [0.05, 0.1) is 4.75 Å². The molecule has 1 aliphatic heterocycles. The highest BCUT2D eigenvalue weighted by Gasteiger charge is 2.38. The first-order chi connectivity index (χ1) is 6.27. The summed E-state index contributed by atoms with van der Waals surface area (Å²) in [4.78, 5) is 0. The first-order valence-corrected chi connectivity index (χ1v) is 6.43. The standard InChI is InChI=1S/C9H20N2O2S/c1-8-7-10-5-6-11(8)14(12,13)9(2,3)4/h8,10H,5-7H2,1-4H3/t8-/m1/s1. The van der Waals surface area contributed by atoms with Gasteiger partial charge in [-0.2, -0.15) is 4.31 Å². The van der Waals surface area contributed by atoms with Gasteiger partial charge in [0.15, 0.2) is 0 Å². The third-order valence-corrected chi connectivity index (χ3v) is 5.23. The summed E-state index contributed by atoms with van der Waals surface area (Å²) < 4.78 is 25.2. The quantitative estimate of drug-likeness (QED) is 0.696. The molecule has 0 unspecified atom stereocenters. The van der Waals surface area contributed by atoms with Crippen LogP contribution in [-0.4, -0.2) is 43.1 Å². The zero-order valence-electron chi connectivity index (χ0n) is 9.37. The Balaban J connectivity index is 2.92. The number of nitrogens with zero attached hydrogens (tertiary/aromatic N) is 1. The van der Waals surface area contributed by atoms with Gasteiger partial charge in [0.2, 0.25) is 10.0 Å². The Morgan fingerprint density at radius 3 is 2.36 bits per heavy atom. The molecule has 1 atom stereocenters. The smallest absolute Gasteiger partial charge is 0.219 e. The summed E-state index contributed by atoms with van der Waals surface area (Å²) in [7, 11) is -3.16. The third kappa shape index (κ3) is 2.10. The van der Waals surface area contributed by atoms with Crippen LogP contribution < -0.4 is 5.32 Å². The number of hydrogen-bond donors (Lipinski definition) is 1. The maximum Gasteiger partial charge on any atom is 0.219 e. The summed E-state index contributed by atoms with van der Waals surface area (Å²) in [6, 6.07) is 0.0629. The molecular formula is C9H20N2O2S. The average molecular weight is 220 g/mol. The summed E-state index contributed by atoms with van der Waals surface area (Å²) in [5.74, 6) is 0. The van der Waals surface area contributed by atoms with Crippen LogP contribution in [0.3, 0.4) is 0 Å². The van der Waals surface area contributed by atoms with Crippen LogP contribution in [0, 0.1) is 0 Å². The van der Waals surface area contributed by atoms with E-state index in [1.807, 2.05) is 6.92 Å². The number of rotatable bonds is 1. The average Bonchev–Trinajstić information content (AvgIpc) is 2.02. The van der Waals surface area contributed by atoms with E-state index in [1.54, 1.807) is 25.1 Å². The number of piperazine rings is 1. The number of hydrogen-bond acceptors (Lipinski definition) is 3. The largest absolute Gasteiger partial charge is 0.314 e. The van der Waals surface area contributed by atoms with Crippen molar-refractivity contribution in [1.82, 2.24) is 9.62 Å². The maximum atomic E-state index is 12.1. The molecule has 4 nitrogen and oxygen atoms in total. The van der Waals surface area contributed by atoms with Gasteiger partial charge >= 0.3 is 0 Å². The Bertz CT molecular complexity index is 292. The number of sulfonamides is 1. The molecule has 0 spiro atoms. The van der Waals surface area contributed by atoms with Crippen LogP contribution in [0.2, 0.25) is 0 Å². The van der Waals surface area contributed by atoms with E-state index in [9.17, 15) is 8.42 Å². The van der Waals surface area contributed by atoms with Gasteiger partial charge in [-0.15, -0.1) is 0 Å². The van der Waals surface area contributed by atoms with E-state index >= 15 is 0 Å². The fourth-order valence-corrected chi connectivity index (χ4v) is 3.11. The van der Waals surface area contributed by atoms with Gasteiger partial charge in [0.1, 0.15) is 0 Å². The van der Waals surface area contributed by atoms with Gasteiger partial charge in [-0.3, -0.25) is 0 Å². The summed E-state index contributed by atoms with van der Waals surface area (Å²) in [6.45, 7) is 9.26. The molecule has 5 heteroatoms. The Morgan fingerprint density at radius 1 is 1.36 bits per heavy atom. The lowest BCUT2D eigenvalue weighted by molar-refractivity contribution is 0.277. The van der Waals surface area contributed by atoms with Crippen LogP contribution in [0.15, 0.2) is 0 Å². The van der Waals surface area contributed by atoms with Crippen LogP contribution in [0.5, 0.6) is 0 Å². The van der Waals surface area contributed by atoms with Crippen molar-refractivity contribution in [3.8, 4) is 0 Å². The van der Waals surface area contributed by atoms with Crippen LogP contribution in [0.25, 0.3) is 0 Å². The van der Waals surface area contributed by atoms with E-state index in [4.69, 9.17) is 0 Å². The second-order valence-electron chi connectivity index (χ2n) is 4.78. The van der Waals surface area contributed by atoms with Gasteiger partial charge in [-0.05, 0) is 27.7 Å². The van der Waals surface area contributed by atoms with Gasteiger partial charge in [-0.1, -0.05) is 0 Å². The molecular weight excluding hydrogens is 200 g/mol. The normalized spacial score (nSPS) is 26.4. The molecule has 1 fully saturated rings. The molecule has 0 bridgehead atoms. The molecule has 0 radical (unpaired) electrons. The van der Waals surface area contributed by atoms with Crippen molar-refractivity contribution in [3.63, 3.8) is 0 Å². The lowest BCUT2D eigenvalue weighted by Gasteiger charge is -2.37. The Hall–Kier alpha value is -0.130. The monoisotopic (exact) mass is 220 g/mol. The fourth-order valence-electron chi connectivity index (χ4n) is 1.53. The maximum absolute atomic E-state index is 12.1. The molecule has 1 saturated heterocycles. The second kappa shape index (κ2) is 3.79. The second-order valence-corrected chi connectivity index (χ2v) is 7.43. The Kier molecular flexibility index (Phi) is 3.23. The Morgan fingerprint density at radius 2 is 1.93 bits per heavy atom. The molecule has 0 aromatic rings. The Labute approximate surface area is 86.7 Å². The van der Waals surface area contributed by atoms with E-state index in [-0.39, 0.29) is 6.04 Å². The highest BCUT2D eigenvalue weighted by Crippen LogP contribution is 2.22. The van der Waals surface area contributed by atoms with E-state index in [0.29, 0.717) is 6.54 Å². The van der Waals surface area contributed by atoms with Crippen LogP contribution in [0.1, 0.15) is 27.7 Å². The molecule has 1 aliphatic rings. The minimum Gasteiger partial charge on any atom is -0.314 e. The molecule has 14 heavy (non-hydrogen) atoms. The number of nitrogens with one attached hydrogen (secondary N) is 1. The van der Waals surface area contributed by atoms with E-state index in [1.165, 1.54) is 0 Å². The zero-order chi connectivity index (χ0) is 11.0. The van der Waals surface area contributed by atoms with Gasteiger partial charge in [0, 0.05) is 25.7 Å². The summed E-state index contributed by atoms with van der Waals surface area (Å²) >= 11 is 0. The molecule has 1 N–H and O–H groups in total. The predicted octanol–water partition coefficient (Wildman–Crippen LogP) is 0.408. The molecule has 0 aromatic carbocycles. The summed E-state index contributed by atoms with van der Waals surface area (Å²) in [5, 5.41) is 3.18. The highest BCUT2D eigenvalue weighted by molar-refractivity contribution is 7.90. The van der Waals surface area contributed by atoms with Crippen LogP contribution in [-0.2, 0) is 10.0 Å². The van der Waals surface area contributed by atoms with Crippen molar-refractivity contribution in [2.45, 2.75) is 38.5 Å². The topological polar surface area (TPSA) is 49.4 Å². The zero-order valence-corrected chi connectivity index (χ0v) is 10.2. The van der Waals surface area contributed by atoms with Crippen molar-refractivity contribution in [1.29, 1.82) is 0 Å². The summed E-state index contributed by atoms with van der Waals surface area (Å²) in [5.41, 5.74) is 0. The first kappa shape index (κ1) is 11.9. The SMILES string of the molecule is C[C@@H]1CNCCN1S(=O)(=O)C(C)(C)C. The lowest BCUT2D eigenvalue weighted by Crippen LogP contribution is -2.56. The van der Waals surface area contributed by atoms with Crippen LogP contribution in [0.4, 0.5) is 0 Å². The molecule has 0 aromatic heterocycles. The van der Waals surface area contributed by atoms with E-state index < -0.39 is 14.8 Å². The minimum absolute atomic E-state index is 0.0629. The molecule has 0 amide bonds. The first-order valence-electron chi connectivity index (χ1n) is 4.99. The lowest BCUT2D eigenvalue weighted by atomic mass is 10.3. The van der Waals surface area contributed by atoms with Gasteiger partial charge in [-0.25, -0.2) is 8.42 Å². The van der Waals surface area contributed by atoms with Crippen molar-refractivity contribution in [2.24, 2.45) is 0 Å². The van der Waals surface area contributed by atoms with Crippen molar-refractivity contribution >= 4 is 10.0 Å². The minimum atomic E-state index is -3.16. The highest BCUT2D eigenvalue weighted by atomic mass is 32.2.